The van der Waals surface area contributed by atoms with Crippen molar-refractivity contribution in [3.63, 3.8) is 0 Å². The van der Waals surface area contributed by atoms with Gasteiger partial charge in [-0.25, -0.2) is 9.97 Å². The molecule has 26 heavy (non-hydrogen) atoms. The van der Waals surface area contributed by atoms with Gasteiger partial charge in [-0.3, -0.25) is 0 Å². The van der Waals surface area contributed by atoms with Crippen LogP contribution in [0, 0.1) is 0 Å². The van der Waals surface area contributed by atoms with Crippen LogP contribution in [0.15, 0.2) is 41.1 Å². The zero-order valence-corrected chi connectivity index (χ0v) is 14.2. The van der Waals surface area contributed by atoms with Gasteiger partial charge < -0.3 is 9.15 Å². The van der Waals surface area contributed by atoms with E-state index in [4.69, 9.17) is 20.8 Å². The van der Waals surface area contributed by atoms with Crippen LogP contribution in [0.3, 0.4) is 0 Å². The Balaban J connectivity index is 1.56. The number of nitrogens with zero attached hydrogens (tertiary/aromatic N) is 4. The van der Waals surface area contributed by atoms with Crippen molar-refractivity contribution in [2.75, 3.05) is 0 Å². The summed E-state index contributed by atoms with van der Waals surface area (Å²) in [5.74, 6) is -0.816. The fourth-order valence-electron chi connectivity index (χ4n) is 2.85. The van der Waals surface area contributed by atoms with E-state index in [-0.39, 0.29) is 11.9 Å². The Morgan fingerprint density at radius 1 is 1.12 bits per heavy atom. The second-order valence-corrected chi connectivity index (χ2v) is 6.34. The molecule has 1 aliphatic carbocycles. The fourth-order valence-corrected chi connectivity index (χ4v) is 3.16. The van der Waals surface area contributed by atoms with Crippen molar-refractivity contribution < 1.29 is 17.9 Å². The molecule has 0 spiro atoms. The van der Waals surface area contributed by atoms with Crippen LogP contribution in [0.25, 0.3) is 11.5 Å². The molecule has 0 aliphatic heterocycles. The summed E-state index contributed by atoms with van der Waals surface area (Å²) >= 11 is 6.31. The van der Waals surface area contributed by atoms with Crippen LogP contribution in [-0.4, -0.2) is 20.2 Å². The van der Waals surface area contributed by atoms with E-state index in [2.05, 4.69) is 20.2 Å². The van der Waals surface area contributed by atoms with Crippen LogP contribution in [0.5, 0.6) is 6.01 Å². The lowest BCUT2D eigenvalue weighted by Gasteiger charge is -2.41. The summed E-state index contributed by atoms with van der Waals surface area (Å²) in [6.07, 6.45) is 2.59. The topological polar surface area (TPSA) is 73.9 Å². The number of halogens is 3. The number of aromatic nitrogens is 4. The Kier molecular flexibility index (Phi) is 4.28. The minimum absolute atomic E-state index is 0.0729. The maximum absolute atomic E-state index is 12.5. The molecule has 0 unspecified atom stereocenters. The van der Waals surface area contributed by atoms with Crippen LogP contribution >= 0.6 is 11.6 Å². The summed E-state index contributed by atoms with van der Waals surface area (Å²) in [7, 11) is 0. The lowest BCUT2D eigenvalue weighted by atomic mass is 9.75. The summed E-state index contributed by atoms with van der Waals surface area (Å²) in [4.78, 5) is 8.28. The predicted octanol–water partition coefficient (Wildman–Crippen LogP) is 4.58. The van der Waals surface area contributed by atoms with E-state index in [1.54, 1.807) is 0 Å². The molecule has 3 aromatic rings. The number of hydrogen-bond donors (Lipinski definition) is 0. The maximum Gasteiger partial charge on any atom is 0.317 e. The van der Waals surface area contributed by atoms with Crippen molar-refractivity contribution in [3.05, 3.63) is 53.1 Å². The Labute approximate surface area is 152 Å². The van der Waals surface area contributed by atoms with Crippen molar-refractivity contribution in [1.29, 1.82) is 0 Å². The van der Waals surface area contributed by atoms with E-state index < -0.39 is 17.9 Å². The number of alkyl halides is 2. The van der Waals surface area contributed by atoms with Gasteiger partial charge in [-0.15, -0.1) is 10.2 Å². The van der Waals surface area contributed by atoms with Gasteiger partial charge in [-0.1, -0.05) is 29.8 Å². The molecule has 0 saturated heterocycles. The molecule has 0 atom stereocenters. The third-order valence-corrected chi connectivity index (χ3v) is 4.64. The summed E-state index contributed by atoms with van der Waals surface area (Å²) < 4.78 is 36.0. The van der Waals surface area contributed by atoms with Gasteiger partial charge in [0, 0.05) is 23.0 Å². The first-order valence-electron chi connectivity index (χ1n) is 7.95. The molecule has 134 valence electrons. The van der Waals surface area contributed by atoms with E-state index >= 15 is 0 Å². The molecular formula is C17H13ClF2N4O2. The van der Waals surface area contributed by atoms with Crippen LogP contribution in [-0.2, 0) is 5.60 Å². The van der Waals surface area contributed by atoms with Gasteiger partial charge in [0.05, 0.1) is 5.56 Å². The Morgan fingerprint density at radius 2 is 1.85 bits per heavy atom. The smallest absolute Gasteiger partial charge is 0.317 e. The lowest BCUT2D eigenvalue weighted by molar-refractivity contribution is -0.0201. The molecular weight excluding hydrogens is 366 g/mol. The average molecular weight is 379 g/mol. The van der Waals surface area contributed by atoms with Crippen LogP contribution in [0.1, 0.15) is 37.1 Å². The summed E-state index contributed by atoms with van der Waals surface area (Å²) in [5, 5.41) is 7.47. The molecule has 9 heteroatoms. The van der Waals surface area contributed by atoms with E-state index in [0.29, 0.717) is 10.6 Å². The monoisotopic (exact) mass is 378 g/mol. The first kappa shape index (κ1) is 16.8. The number of ether oxygens (including phenoxy) is 1. The highest BCUT2D eigenvalue weighted by atomic mass is 35.5. The summed E-state index contributed by atoms with van der Waals surface area (Å²) in [6.45, 7) is 0. The van der Waals surface area contributed by atoms with Gasteiger partial charge in [0.25, 0.3) is 11.8 Å². The molecule has 1 fully saturated rings. The standard InChI is InChI=1S/C17H13ClF2N4O2/c18-12-5-2-1-4-11(12)17(6-3-7-17)26-16-21-8-10(9-22-16)14-23-24-15(25-14)13(19)20/h1-2,4-5,8-9,13H,3,6-7H2. The Bertz CT molecular complexity index is 913. The summed E-state index contributed by atoms with van der Waals surface area (Å²) in [6, 6.07) is 7.69. The van der Waals surface area contributed by atoms with Crippen molar-refractivity contribution in [2.24, 2.45) is 0 Å². The second-order valence-electron chi connectivity index (χ2n) is 5.93. The van der Waals surface area contributed by atoms with E-state index in [1.807, 2.05) is 24.3 Å². The van der Waals surface area contributed by atoms with Gasteiger partial charge in [-0.05, 0) is 25.3 Å². The predicted molar refractivity (Wildman–Crippen MR) is 87.9 cm³/mol. The van der Waals surface area contributed by atoms with Crippen LogP contribution < -0.4 is 4.74 Å². The third-order valence-electron chi connectivity index (χ3n) is 4.32. The molecule has 2 heterocycles. The summed E-state index contributed by atoms with van der Waals surface area (Å²) in [5.41, 5.74) is 0.684. The van der Waals surface area contributed by atoms with Gasteiger partial charge in [0.15, 0.2) is 0 Å². The number of rotatable bonds is 5. The first-order valence-corrected chi connectivity index (χ1v) is 8.33. The van der Waals surface area contributed by atoms with Crippen molar-refractivity contribution in [3.8, 4) is 17.5 Å². The molecule has 1 aromatic carbocycles. The fraction of sp³-hybridized carbons (Fsp3) is 0.294. The largest absolute Gasteiger partial charge is 0.452 e. The molecule has 1 saturated carbocycles. The molecule has 0 bridgehead atoms. The van der Waals surface area contributed by atoms with Crippen LogP contribution in [0.4, 0.5) is 8.78 Å². The van der Waals surface area contributed by atoms with Crippen molar-refractivity contribution in [1.82, 2.24) is 20.2 Å². The molecule has 2 aromatic heterocycles. The zero-order chi connectivity index (χ0) is 18.1. The minimum Gasteiger partial charge on any atom is -0.452 e. The van der Waals surface area contributed by atoms with Gasteiger partial charge >= 0.3 is 12.4 Å². The van der Waals surface area contributed by atoms with Gasteiger partial charge in [0.1, 0.15) is 5.60 Å². The van der Waals surface area contributed by atoms with E-state index in [0.717, 1.165) is 24.8 Å². The third kappa shape index (κ3) is 3.01. The van der Waals surface area contributed by atoms with Crippen molar-refractivity contribution in [2.45, 2.75) is 31.3 Å². The Hall–Kier alpha value is -2.61. The highest BCUT2D eigenvalue weighted by Gasteiger charge is 2.43. The van der Waals surface area contributed by atoms with Gasteiger partial charge in [0.2, 0.25) is 0 Å². The SMILES string of the molecule is FC(F)c1nnc(-c2cnc(OC3(c4ccccc4Cl)CCC3)nc2)o1. The Morgan fingerprint density at radius 3 is 2.42 bits per heavy atom. The minimum atomic E-state index is -2.83. The quantitative estimate of drug-likeness (QED) is 0.647. The molecule has 4 rings (SSSR count). The molecule has 0 amide bonds. The number of benzene rings is 1. The van der Waals surface area contributed by atoms with E-state index in [9.17, 15) is 8.78 Å². The molecule has 6 nitrogen and oxygen atoms in total. The number of hydrogen-bond acceptors (Lipinski definition) is 6. The lowest BCUT2D eigenvalue weighted by Crippen LogP contribution is -2.40. The van der Waals surface area contributed by atoms with Crippen LogP contribution in [0.2, 0.25) is 5.02 Å². The van der Waals surface area contributed by atoms with E-state index in [1.165, 1.54) is 12.4 Å². The molecule has 1 aliphatic rings. The normalized spacial score (nSPS) is 15.7. The molecule has 0 N–H and O–H groups in total. The second kappa shape index (κ2) is 6.60. The zero-order valence-electron chi connectivity index (χ0n) is 13.4. The molecule has 0 radical (unpaired) electrons. The first-order chi connectivity index (χ1) is 12.6. The average Bonchev–Trinajstić information content (AvgIpc) is 3.10. The maximum atomic E-state index is 12.5. The van der Waals surface area contributed by atoms with Gasteiger partial charge in [-0.2, -0.15) is 8.78 Å². The highest BCUT2D eigenvalue weighted by molar-refractivity contribution is 6.31. The van der Waals surface area contributed by atoms with Crippen molar-refractivity contribution >= 4 is 11.6 Å². The highest BCUT2D eigenvalue weighted by Crippen LogP contribution is 2.46.